The fourth-order valence-corrected chi connectivity index (χ4v) is 4.20. The molecule has 4 rings (SSSR count). The van der Waals surface area contributed by atoms with Gasteiger partial charge < -0.3 is 15.2 Å². The Morgan fingerprint density at radius 2 is 1.97 bits per heavy atom. The van der Waals surface area contributed by atoms with Crippen LogP contribution in [0.4, 0.5) is 0 Å². The smallest absolute Gasteiger partial charge is 0.244 e. The summed E-state index contributed by atoms with van der Waals surface area (Å²) in [6.07, 6.45) is 1.70. The number of nitrogens with two attached hydrogens (primary N) is 1. The number of ether oxygens (including phenoxy) is 2. The highest BCUT2D eigenvalue weighted by atomic mass is 35.5. The Hall–Kier alpha value is -3.14. The van der Waals surface area contributed by atoms with Gasteiger partial charge in [0, 0.05) is 26.9 Å². The van der Waals surface area contributed by atoms with Crippen molar-refractivity contribution in [3.63, 3.8) is 0 Å². The van der Waals surface area contributed by atoms with Crippen LogP contribution in [0.3, 0.4) is 0 Å². The summed E-state index contributed by atoms with van der Waals surface area (Å²) in [4.78, 5) is 0. The number of halogens is 2. The summed E-state index contributed by atoms with van der Waals surface area (Å²) in [6.45, 7) is 2.30. The zero-order valence-electron chi connectivity index (χ0n) is 16.8. The summed E-state index contributed by atoms with van der Waals surface area (Å²) in [7, 11) is 0. The Morgan fingerprint density at radius 1 is 1.23 bits per heavy atom. The van der Waals surface area contributed by atoms with E-state index in [-0.39, 0.29) is 12.5 Å². The Bertz CT molecular complexity index is 1180. The van der Waals surface area contributed by atoms with Crippen LogP contribution in [0.2, 0.25) is 10.0 Å². The molecule has 158 valence electrons. The van der Waals surface area contributed by atoms with E-state index in [0.29, 0.717) is 32.8 Å². The second-order valence-electron chi connectivity index (χ2n) is 7.16. The number of rotatable bonds is 6. The van der Waals surface area contributed by atoms with Gasteiger partial charge in [-0.1, -0.05) is 54.7 Å². The molecule has 0 unspecified atom stereocenters. The van der Waals surface area contributed by atoms with Crippen LogP contribution in [0.5, 0.6) is 11.6 Å². The Kier molecular flexibility index (Phi) is 6.08. The zero-order chi connectivity index (χ0) is 22.0. The minimum Gasteiger partial charge on any atom is -0.489 e. The van der Waals surface area contributed by atoms with Crippen molar-refractivity contribution in [1.82, 2.24) is 10.2 Å². The lowest BCUT2D eigenvalue weighted by molar-refractivity contribution is 0.306. The number of allylic oxidation sites excluding steroid dienone is 1. The van der Waals surface area contributed by atoms with E-state index in [4.69, 9.17) is 38.4 Å². The number of hydrogen-bond acceptors (Lipinski definition) is 5. The fourth-order valence-electron chi connectivity index (χ4n) is 3.69. The van der Waals surface area contributed by atoms with E-state index < -0.39 is 5.92 Å². The molecule has 1 aliphatic heterocycles. The summed E-state index contributed by atoms with van der Waals surface area (Å²) >= 11 is 12.5. The van der Waals surface area contributed by atoms with Gasteiger partial charge in [-0.15, -0.1) is 5.10 Å². The molecule has 0 bridgehead atoms. The van der Waals surface area contributed by atoms with Crippen molar-refractivity contribution in [1.29, 1.82) is 5.26 Å². The molecule has 6 nitrogen and oxygen atoms in total. The SMILES string of the molecule is CCCc1[nH]nc2c1[C@@H](c1cccc(OCc3c(Cl)cccc3Cl)c1)C(C#N)=C(N)O2. The van der Waals surface area contributed by atoms with Gasteiger partial charge in [0.15, 0.2) is 0 Å². The number of aryl methyl sites for hydroxylation is 1. The van der Waals surface area contributed by atoms with Crippen molar-refractivity contribution in [2.75, 3.05) is 0 Å². The number of nitrogens with one attached hydrogen (secondary N) is 1. The highest BCUT2D eigenvalue weighted by Gasteiger charge is 2.35. The number of nitriles is 1. The van der Waals surface area contributed by atoms with Gasteiger partial charge in [-0.3, -0.25) is 5.10 Å². The molecule has 31 heavy (non-hydrogen) atoms. The highest BCUT2D eigenvalue weighted by Crippen LogP contribution is 2.43. The van der Waals surface area contributed by atoms with E-state index in [9.17, 15) is 5.26 Å². The minimum absolute atomic E-state index is 0.0590. The quantitative estimate of drug-likeness (QED) is 0.514. The predicted octanol–water partition coefficient (Wildman–Crippen LogP) is 5.47. The van der Waals surface area contributed by atoms with Crippen LogP contribution in [0, 0.1) is 11.3 Å². The molecule has 1 atom stereocenters. The summed E-state index contributed by atoms with van der Waals surface area (Å²) in [5, 5.41) is 18.2. The van der Waals surface area contributed by atoms with E-state index >= 15 is 0 Å². The molecule has 3 aromatic rings. The number of aromatic nitrogens is 2. The average molecular weight is 455 g/mol. The maximum Gasteiger partial charge on any atom is 0.244 e. The maximum absolute atomic E-state index is 9.80. The second-order valence-corrected chi connectivity index (χ2v) is 7.97. The molecular formula is C23H20Cl2N4O2. The molecular weight excluding hydrogens is 435 g/mol. The first-order valence-corrected chi connectivity index (χ1v) is 10.6. The van der Waals surface area contributed by atoms with Gasteiger partial charge in [-0.05, 0) is 36.2 Å². The van der Waals surface area contributed by atoms with Crippen LogP contribution in [-0.2, 0) is 13.0 Å². The molecule has 2 aromatic carbocycles. The molecule has 8 heteroatoms. The lowest BCUT2D eigenvalue weighted by Gasteiger charge is -2.24. The Morgan fingerprint density at radius 3 is 2.68 bits per heavy atom. The van der Waals surface area contributed by atoms with E-state index in [1.165, 1.54) is 0 Å². The topological polar surface area (TPSA) is 97.0 Å². The Labute approximate surface area is 190 Å². The van der Waals surface area contributed by atoms with Crippen LogP contribution in [0.1, 0.15) is 41.6 Å². The predicted molar refractivity (Wildman–Crippen MR) is 119 cm³/mol. The zero-order valence-corrected chi connectivity index (χ0v) is 18.3. The monoisotopic (exact) mass is 454 g/mol. The van der Waals surface area contributed by atoms with Crippen molar-refractivity contribution in [3.8, 4) is 17.7 Å². The van der Waals surface area contributed by atoms with Gasteiger partial charge in [0.1, 0.15) is 24.0 Å². The molecule has 0 spiro atoms. The van der Waals surface area contributed by atoms with Crippen LogP contribution in [-0.4, -0.2) is 10.2 Å². The van der Waals surface area contributed by atoms with Crippen LogP contribution >= 0.6 is 23.2 Å². The fraction of sp³-hybridized carbons (Fsp3) is 0.217. The molecule has 3 N–H and O–H groups in total. The minimum atomic E-state index is -0.401. The van der Waals surface area contributed by atoms with Crippen LogP contribution in [0.25, 0.3) is 0 Å². The first kappa shape index (κ1) is 21.1. The number of H-pyrrole nitrogens is 1. The van der Waals surface area contributed by atoms with Crippen molar-refractivity contribution in [2.24, 2.45) is 5.73 Å². The third-order valence-corrected chi connectivity index (χ3v) is 5.86. The van der Waals surface area contributed by atoms with Crippen molar-refractivity contribution in [2.45, 2.75) is 32.3 Å². The molecule has 1 aromatic heterocycles. The van der Waals surface area contributed by atoms with Gasteiger partial charge in [0.05, 0.1) is 5.92 Å². The summed E-state index contributed by atoms with van der Waals surface area (Å²) in [5.41, 5.74) is 9.71. The van der Waals surface area contributed by atoms with Gasteiger partial charge in [0.2, 0.25) is 11.8 Å². The van der Waals surface area contributed by atoms with Gasteiger partial charge in [-0.25, -0.2) is 0 Å². The first-order valence-electron chi connectivity index (χ1n) is 9.83. The van der Waals surface area contributed by atoms with E-state index in [1.54, 1.807) is 18.2 Å². The molecule has 0 amide bonds. The summed E-state index contributed by atoms with van der Waals surface area (Å²) < 4.78 is 11.6. The third kappa shape index (κ3) is 4.07. The third-order valence-electron chi connectivity index (χ3n) is 5.15. The molecule has 0 fully saturated rings. The molecule has 0 saturated carbocycles. The molecule has 0 radical (unpaired) electrons. The second kappa shape index (κ2) is 8.93. The molecule has 0 aliphatic carbocycles. The standard InChI is InChI=1S/C23H20Cl2N4O2/c1-2-5-19-21-20(15(11-26)22(27)31-23(21)29-28-19)13-6-3-7-14(10-13)30-12-16-17(24)8-4-9-18(16)25/h3-4,6-10,20H,2,5,12,27H2,1H3,(H,28,29)/t20-/m0/s1. The summed E-state index contributed by atoms with van der Waals surface area (Å²) in [6, 6.07) is 15.1. The van der Waals surface area contributed by atoms with E-state index in [1.807, 2.05) is 24.3 Å². The lowest BCUT2D eigenvalue weighted by atomic mass is 9.83. The maximum atomic E-state index is 9.80. The first-order chi connectivity index (χ1) is 15.0. The van der Waals surface area contributed by atoms with Crippen LogP contribution in [0.15, 0.2) is 53.9 Å². The van der Waals surface area contributed by atoms with E-state index in [2.05, 4.69) is 23.2 Å². The van der Waals surface area contributed by atoms with Crippen molar-refractivity contribution >= 4 is 23.2 Å². The van der Waals surface area contributed by atoms with E-state index in [0.717, 1.165) is 29.7 Å². The highest BCUT2D eigenvalue weighted by molar-refractivity contribution is 6.35. The number of aromatic amines is 1. The number of fused-ring (bicyclic) bond motifs is 1. The Balaban J connectivity index is 1.70. The molecule has 2 heterocycles. The largest absolute Gasteiger partial charge is 0.489 e. The van der Waals surface area contributed by atoms with Gasteiger partial charge in [-0.2, -0.15) is 5.26 Å². The average Bonchev–Trinajstić information content (AvgIpc) is 3.15. The summed E-state index contributed by atoms with van der Waals surface area (Å²) in [5.74, 6) is 0.683. The van der Waals surface area contributed by atoms with Crippen molar-refractivity contribution < 1.29 is 9.47 Å². The lowest BCUT2D eigenvalue weighted by Crippen LogP contribution is -2.21. The number of nitrogens with zero attached hydrogens (tertiary/aromatic N) is 2. The van der Waals surface area contributed by atoms with Gasteiger partial charge in [0.25, 0.3) is 0 Å². The number of benzene rings is 2. The molecule has 1 aliphatic rings. The number of hydrogen-bond donors (Lipinski definition) is 2. The van der Waals surface area contributed by atoms with Crippen molar-refractivity contribution in [3.05, 3.63) is 86.4 Å². The van der Waals surface area contributed by atoms with Crippen LogP contribution < -0.4 is 15.2 Å². The normalized spacial score (nSPS) is 15.2. The van der Waals surface area contributed by atoms with Gasteiger partial charge >= 0.3 is 0 Å². The molecule has 0 saturated heterocycles.